The highest BCUT2D eigenvalue weighted by Crippen LogP contribution is 1.88. The number of nitrogens with zero attached hydrogens (tertiary/aromatic N) is 1. The van der Waals surface area contributed by atoms with Gasteiger partial charge in [0.25, 0.3) is 0 Å². The Morgan fingerprint density at radius 1 is 1.75 bits per heavy atom. The number of methoxy groups -OCH3 is 1. The summed E-state index contributed by atoms with van der Waals surface area (Å²) in [6.07, 6.45) is 0.816. The van der Waals surface area contributed by atoms with Crippen LogP contribution in [0.15, 0.2) is 4.99 Å². The monoisotopic (exact) mass is 133 g/mol. The van der Waals surface area contributed by atoms with E-state index in [9.17, 15) is 0 Å². The van der Waals surface area contributed by atoms with Crippen LogP contribution in [0.1, 0.15) is 6.42 Å². The lowest BCUT2D eigenvalue weighted by Gasteiger charge is -1.98. The van der Waals surface area contributed by atoms with Gasteiger partial charge < -0.3 is 4.74 Å². The summed E-state index contributed by atoms with van der Waals surface area (Å²) in [4.78, 5) is 3.84. The first-order chi connectivity index (χ1) is 3.85. The van der Waals surface area contributed by atoms with Crippen molar-refractivity contribution in [3.63, 3.8) is 0 Å². The predicted octanol–water partition coefficient (Wildman–Crippen LogP) is 0.981. The normalized spacial score (nSPS) is 11.6. The van der Waals surface area contributed by atoms with Crippen LogP contribution < -0.4 is 0 Å². The van der Waals surface area contributed by atoms with Crippen LogP contribution in [0.5, 0.6) is 0 Å². The van der Waals surface area contributed by atoms with Crippen molar-refractivity contribution in [3.05, 3.63) is 0 Å². The van der Waals surface area contributed by atoms with Gasteiger partial charge >= 0.3 is 0 Å². The average Bonchev–Trinajstić information content (AvgIpc) is 1.83. The largest absolute Gasteiger partial charge is 0.484 e. The van der Waals surface area contributed by atoms with Crippen molar-refractivity contribution < 1.29 is 4.74 Å². The van der Waals surface area contributed by atoms with E-state index >= 15 is 0 Å². The van der Waals surface area contributed by atoms with Gasteiger partial charge in [-0.2, -0.15) is 12.6 Å². The second-order valence-electron chi connectivity index (χ2n) is 1.30. The van der Waals surface area contributed by atoms with E-state index in [2.05, 4.69) is 17.6 Å². The van der Waals surface area contributed by atoms with Gasteiger partial charge in [0, 0.05) is 13.5 Å². The SMILES string of the molecule is CN=C(CCS)OC. The molecule has 8 heavy (non-hydrogen) atoms. The van der Waals surface area contributed by atoms with Gasteiger partial charge in [0.05, 0.1) is 7.11 Å². The zero-order chi connectivity index (χ0) is 6.41. The predicted molar refractivity (Wildman–Crippen MR) is 38.8 cm³/mol. The first-order valence-corrected chi connectivity index (χ1v) is 3.09. The van der Waals surface area contributed by atoms with Crippen LogP contribution >= 0.6 is 12.6 Å². The highest BCUT2D eigenvalue weighted by atomic mass is 32.1. The fourth-order valence-electron chi connectivity index (χ4n) is 0.401. The van der Waals surface area contributed by atoms with E-state index in [-0.39, 0.29) is 0 Å². The molecule has 0 heterocycles. The van der Waals surface area contributed by atoms with Crippen molar-refractivity contribution in [3.8, 4) is 0 Å². The topological polar surface area (TPSA) is 21.6 Å². The van der Waals surface area contributed by atoms with E-state index in [1.165, 1.54) is 0 Å². The van der Waals surface area contributed by atoms with Gasteiger partial charge in [-0.05, 0) is 5.75 Å². The second-order valence-corrected chi connectivity index (χ2v) is 1.74. The summed E-state index contributed by atoms with van der Waals surface area (Å²) < 4.78 is 4.84. The summed E-state index contributed by atoms with van der Waals surface area (Å²) in [5.41, 5.74) is 0. The van der Waals surface area contributed by atoms with E-state index in [1.807, 2.05) is 0 Å². The molecule has 2 nitrogen and oxygen atoms in total. The third kappa shape index (κ3) is 2.91. The Bertz CT molecular complexity index is 82.5. The van der Waals surface area contributed by atoms with Crippen LogP contribution in [-0.2, 0) is 4.74 Å². The van der Waals surface area contributed by atoms with Crippen molar-refractivity contribution in [2.24, 2.45) is 4.99 Å². The van der Waals surface area contributed by atoms with Gasteiger partial charge in [-0.3, -0.25) is 4.99 Å². The van der Waals surface area contributed by atoms with Crippen LogP contribution in [0.2, 0.25) is 0 Å². The lowest BCUT2D eigenvalue weighted by Crippen LogP contribution is -2.00. The summed E-state index contributed by atoms with van der Waals surface area (Å²) in [6, 6.07) is 0. The number of hydrogen-bond acceptors (Lipinski definition) is 3. The molecular formula is C5H11NOS. The molecule has 0 radical (unpaired) electrons. The van der Waals surface area contributed by atoms with Gasteiger partial charge in [-0.15, -0.1) is 0 Å². The highest BCUT2D eigenvalue weighted by Gasteiger charge is 1.90. The zero-order valence-corrected chi connectivity index (χ0v) is 6.11. The smallest absolute Gasteiger partial charge is 0.183 e. The lowest BCUT2D eigenvalue weighted by molar-refractivity contribution is 0.392. The van der Waals surface area contributed by atoms with Crippen molar-refractivity contribution in [1.29, 1.82) is 0 Å². The fourth-order valence-corrected chi connectivity index (χ4v) is 0.592. The van der Waals surface area contributed by atoms with Crippen LogP contribution in [0.4, 0.5) is 0 Å². The summed E-state index contributed by atoms with van der Waals surface area (Å²) in [5, 5.41) is 0. The molecule has 0 N–H and O–H groups in total. The molecule has 0 aromatic rings. The molecule has 0 aliphatic heterocycles. The number of thiol groups is 1. The molecule has 0 aromatic carbocycles. The summed E-state index contributed by atoms with van der Waals surface area (Å²) in [5.74, 6) is 1.56. The molecule has 0 rings (SSSR count). The standard InChI is InChI=1S/C5H11NOS/c1-6-5(7-2)3-4-8/h8H,3-4H2,1-2H3. The molecule has 0 atom stereocenters. The average molecular weight is 133 g/mol. The first-order valence-electron chi connectivity index (χ1n) is 2.45. The molecule has 0 aliphatic carbocycles. The molecule has 0 amide bonds. The Balaban J connectivity index is 3.38. The van der Waals surface area contributed by atoms with Crippen molar-refractivity contribution in [2.75, 3.05) is 19.9 Å². The third-order valence-corrected chi connectivity index (χ3v) is 1.03. The molecule has 0 saturated heterocycles. The van der Waals surface area contributed by atoms with Crippen molar-refractivity contribution in [2.45, 2.75) is 6.42 Å². The molecule has 48 valence electrons. The van der Waals surface area contributed by atoms with E-state index < -0.39 is 0 Å². The number of ether oxygens (including phenoxy) is 1. The minimum absolute atomic E-state index is 0.764. The molecule has 0 fully saturated rings. The quantitative estimate of drug-likeness (QED) is 0.338. The molecule has 0 spiro atoms. The second kappa shape index (κ2) is 4.97. The third-order valence-electron chi connectivity index (χ3n) is 0.811. The Morgan fingerprint density at radius 3 is 2.50 bits per heavy atom. The van der Waals surface area contributed by atoms with Crippen LogP contribution in [0.25, 0.3) is 0 Å². The zero-order valence-electron chi connectivity index (χ0n) is 5.22. The minimum Gasteiger partial charge on any atom is -0.484 e. The Kier molecular flexibility index (Phi) is 4.85. The van der Waals surface area contributed by atoms with Crippen LogP contribution in [-0.4, -0.2) is 25.8 Å². The molecule has 0 saturated carbocycles. The molecule has 3 heteroatoms. The molecular weight excluding hydrogens is 122 g/mol. The van der Waals surface area contributed by atoms with Crippen LogP contribution in [0, 0.1) is 0 Å². The Morgan fingerprint density at radius 2 is 2.38 bits per heavy atom. The molecule has 0 aliphatic rings. The number of rotatable bonds is 2. The minimum atomic E-state index is 0.764. The molecule has 0 bridgehead atoms. The van der Waals surface area contributed by atoms with E-state index in [4.69, 9.17) is 4.74 Å². The maximum atomic E-state index is 4.84. The first kappa shape index (κ1) is 7.82. The van der Waals surface area contributed by atoms with E-state index in [0.717, 1.165) is 18.1 Å². The summed E-state index contributed by atoms with van der Waals surface area (Å²) in [7, 11) is 3.33. The maximum absolute atomic E-state index is 4.84. The molecule has 0 aromatic heterocycles. The summed E-state index contributed by atoms with van der Waals surface area (Å²) in [6.45, 7) is 0. The van der Waals surface area contributed by atoms with Crippen molar-refractivity contribution >= 4 is 18.5 Å². The molecule has 0 unspecified atom stereocenters. The van der Waals surface area contributed by atoms with Gasteiger partial charge in [0.1, 0.15) is 0 Å². The van der Waals surface area contributed by atoms with E-state index in [1.54, 1.807) is 14.2 Å². The lowest BCUT2D eigenvalue weighted by atomic mass is 10.5. The van der Waals surface area contributed by atoms with E-state index in [0.29, 0.717) is 0 Å². The maximum Gasteiger partial charge on any atom is 0.183 e. The van der Waals surface area contributed by atoms with Gasteiger partial charge in [0.15, 0.2) is 5.90 Å². The highest BCUT2D eigenvalue weighted by molar-refractivity contribution is 7.80. The Labute approximate surface area is 55.4 Å². The van der Waals surface area contributed by atoms with Gasteiger partial charge in [0.2, 0.25) is 0 Å². The van der Waals surface area contributed by atoms with Gasteiger partial charge in [-0.1, -0.05) is 0 Å². The van der Waals surface area contributed by atoms with Crippen LogP contribution in [0.3, 0.4) is 0 Å². The van der Waals surface area contributed by atoms with Crippen molar-refractivity contribution in [1.82, 2.24) is 0 Å². The number of aliphatic imine (C=N–C) groups is 1. The van der Waals surface area contributed by atoms with Gasteiger partial charge in [-0.25, -0.2) is 0 Å². The number of hydrogen-bond donors (Lipinski definition) is 1. The summed E-state index contributed by atoms with van der Waals surface area (Å²) >= 11 is 4.01. The fraction of sp³-hybridized carbons (Fsp3) is 0.800. The Hall–Kier alpha value is -0.180.